The predicted molar refractivity (Wildman–Crippen MR) is 129 cm³/mol. The molecule has 0 atom stereocenters. The van der Waals surface area contributed by atoms with E-state index < -0.39 is 17.6 Å². The molecule has 4 rings (SSSR count). The molecule has 1 aliphatic rings. The van der Waals surface area contributed by atoms with E-state index in [1.54, 1.807) is 11.0 Å². The molecule has 5 nitrogen and oxygen atoms in total. The number of halogens is 3. The Balaban J connectivity index is 1.52. The topological polar surface area (TPSA) is 62.3 Å². The Labute approximate surface area is 202 Å². The van der Waals surface area contributed by atoms with E-state index in [1.165, 1.54) is 23.9 Å². The van der Waals surface area contributed by atoms with Crippen molar-refractivity contribution in [2.24, 2.45) is 0 Å². The predicted octanol–water partition coefficient (Wildman–Crippen LogP) is 6.00. The van der Waals surface area contributed by atoms with Gasteiger partial charge in [0.2, 0.25) is 5.91 Å². The number of rotatable bonds is 5. The van der Waals surface area contributed by atoms with Crippen LogP contribution < -0.4 is 10.2 Å². The Bertz CT molecular complexity index is 1240. The Morgan fingerprint density at radius 1 is 1.09 bits per heavy atom. The fourth-order valence-electron chi connectivity index (χ4n) is 4.08. The van der Waals surface area contributed by atoms with E-state index in [0.29, 0.717) is 24.6 Å². The smallest absolute Gasteiger partial charge is 0.322 e. The van der Waals surface area contributed by atoms with Gasteiger partial charge in [-0.2, -0.15) is 13.2 Å². The molecule has 0 radical (unpaired) electrons. The molecule has 1 aliphatic heterocycles. The second-order valence-electron chi connectivity index (χ2n) is 8.94. The molecule has 182 valence electrons. The molecule has 0 saturated heterocycles. The first-order valence-electron chi connectivity index (χ1n) is 11.5. The average molecular weight is 482 g/mol. The Morgan fingerprint density at radius 3 is 2.51 bits per heavy atom. The molecule has 0 unspecified atom stereocenters. The number of aromatic nitrogens is 1. The van der Waals surface area contributed by atoms with Gasteiger partial charge in [-0.1, -0.05) is 44.2 Å². The van der Waals surface area contributed by atoms with Crippen LogP contribution in [0.2, 0.25) is 0 Å². The zero-order chi connectivity index (χ0) is 25.2. The number of pyridine rings is 1. The Morgan fingerprint density at radius 2 is 1.83 bits per heavy atom. The summed E-state index contributed by atoms with van der Waals surface area (Å²) in [4.78, 5) is 31.9. The van der Waals surface area contributed by atoms with Gasteiger partial charge < -0.3 is 10.2 Å². The number of nitrogens with zero attached hydrogens (tertiary/aromatic N) is 2. The monoisotopic (exact) mass is 481 g/mol. The van der Waals surface area contributed by atoms with Crippen LogP contribution in [-0.4, -0.2) is 23.3 Å². The number of benzene rings is 2. The third-order valence-electron chi connectivity index (χ3n) is 6.05. The van der Waals surface area contributed by atoms with Crippen molar-refractivity contribution in [2.75, 3.05) is 16.8 Å². The van der Waals surface area contributed by atoms with Crippen molar-refractivity contribution in [2.45, 2.75) is 45.2 Å². The lowest BCUT2D eigenvalue weighted by atomic mass is 10.00. The number of hydrogen-bond donors (Lipinski definition) is 1. The summed E-state index contributed by atoms with van der Waals surface area (Å²) in [6, 6.07) is 14.0. The zero-order valence-electron chi connectivity index (χ0n) is 19.5. The van der Waals surface area contributed by atoms with Crippen LogP contribution in [0.1, 0.15) is 58.9 Å². The Kier molecular flexibility index (Phi) is 6.91. The van der Waals surface area contributed by atoms with Crippen LogP contribution in [0.3, 0.4) is 0 Å². The highest BCUT2D eigenvalue weighted by Gasteiger charge is 2.30. The van der Waals surface area contributed by atoms with Gasteiger partial charge in [0.25, 0.3) is 5.91 Å². The van der Waals surface area contributed by atoms with Gasteiger partial charge in [-0.3, -0.25) is 14.6 Å². The highest BCUT2D eigenvalue weighted by atomic mass is 19.4. The molecule has 0 spiro atoms. The lowest BCUT2D eigenvalue weighted by Gasteiger charge is -2.29. The quantitative estimate of drug-likeness (QED) is 0.486. The van der Waals surface area contributed by atoms with Crippen molar-refractivity contribution >= 4 is 23.2 Å². The molecule has 2 amide bonds. The summed E-state index contributed by atoms with van der Waals surface area (Å²) < 4.78 is 39.0. The number of carbonyl (C=O) groups is 2. The first-order chi connectivity index (χ1) is 16.6. The highest BCUT2D eigenvalue weighted by molar-refractivity contribution is 6.05. The lowest BCUT2D eigenvalue weighted by Crippen LogP contribution is -2.37. The number of nitrogens with one attached hydrogen (secondary N) is 1. The first kappa shape index (κ1) is 24.4. The molecule has 3 aromatic rings. The number of anilines is 2. The van der Waals surface area contributed by atoms with Crippen LogP contribution in [0.5, 0.6) is 0 Å². The first-order valence-corrected chi connectivity index (χ1v) is 11.5. The summed E-state index contributed by atoms with van der Waals surface area (Å²) >= 11 is 0. The molecule has 0 fully saturated rings. The number of hydrogen-bond acceptors (Lipinski definition) is 3. The summed E-state index contributed by atoms with van der Waals surface area (Å²) in [5.41, 5.74) is 2.73. The number of aryl methyl sites for hydroxylation is 1. The molecule has 2 heterocycles. The summed E-state index contributed by atoms with van der Waals surface area (Å²) in [6.07, 6.45) is -1.46. The molecule has 1 N–H and O–H groups in total. The third kappa shape index (κ3) is 5.70. The number of amides is 2. The second-order valence-corrected chi connectivity index (χ2v) is 8.94. The van der Waals surface area contributed by atoms with Gasteiger partial charge in [-0.05, 0) is 54.2 Å². The lowest BCUT2D eigenvalue weighted by molar-refractivity contribution is -0.137. The fraction of sp³-hybridized carbons (Fsp3) is 0.296. The van der Waals surface area contributed by atoms with E-state index in [-0.39, 0.29) is 23.6 Å². The van der Waals surface area contributed by atoms with Crippen molar-refractivity contribution in [3.05, 3.63) is 88.7 Å². The summed E-state index contributed by atoms with van der Waals surface area (Å²) in [5.74, 6) is -0.289. The molecule has 0 bridgehead atoms. The van der Waals surface area contributed by atoms with Gasteiger partial charge in [0.05, 0.1) is 28.9 Å². The fourth-order valence-corrected chi connectivity index (χ4v) is 4.08. The van der Waals surface area contributed by atoms with E-state index in [1.807, 2.05) is 24.3 Å². The molecule has 8 heteroatoms. The van der Waals surface area contributed by atoms with Crippen LogP contribution in [0.4, 0.5) is 24.5 Å². The van der Waals surface area contributed by atoms with Crippen molar-refractivity contribution in [3.63, 3.8) is 0 Å². The van der Waals surface area contributed by atoms with Gasteiger partial charge in [0.15, 0.2) is 0 Å². The summed E-state index contributed by atoms with van der Waals surface area (Å²) in [6.45, 7) is 4.73. The van der Waals surface area contributed by atoms with Gasteiger partial charge in [-0.15, -0.1) is 0 Å². The SMILES string of the molecule is CC(C)c1ccc(CC(=O)N2CCCc3ncc(C(=O)Nc4cccc(C(F)(F)F)c4)cc32)cc1. The van der Waals surface area contributed by atoms with Crippen molar-refractivity contribution < 1.29 is 22.8 Å². The van der Waals surface area contributed by atoms with Gasteiger partial charge in [0.1, 0.15) is 0 Å². The minimum atomic E-state index is -4.51. The zero-order valence-corrected chi connectivity index (χ0v) is 19.5. The van der Waals surface area contributed by atoms with E-state index >= 15 is 0 Å². The van der Waals surface area contributed by atoms with Crippen LogP contribution in [0.15, 0.2) is 60.8 Å². The molecule has 0 aliphatic carbocycles. The maximum atomic E-state index is 13.1. The van der Waals surface area contributed by atoms with Gasteiger partial charge in [0, 0.05) is 18.4 Å². The average Bonchev–Trinajstić information content (AvgIpc) is 2.83. The molecule has 0 saturated carbocycles. The molecule has 2 aromatic carbocycles. The third-order valence-corrected chi connectivity index (χ3v) is 6.05. The summed E-state index contributed by atoms with van der Waals surface area (Å²) in [5, 5.41) is 2.49. The normalized spacial score (nSPS) is 13.5. The van der Waals surface area contributed by atoms with Gasteiger partial charge >= 0.3 is 6.18 Å². The van der Waals surface area contributed by atoms with Crippen LogP contribution >= 0.6 is 0 Å². The van der Waals surface area contributed by atoms with E-state index in [9.17, 15) is 22.8 Å². The summed E-state index contributed by atoms with van der Waals surface area (Å²) in [7, 11) is 0. The van der Waals surface area contributed by atoms with Crippen LogP contribution in [0.25, 0.3) is 0 Å². The van der Waals surface area contributed by atoms with Crippen molar-refractivity contribution in [1.29, 1.82) is 0 Å². The van der Waals surface area contributed by atoms with E-state index in [0.717, 1.165) is 29.8 Å². The molecular weight excluding hydrogens is 455 g/mol. The van der Waals surface area contributed by atoms with Gasteiger partial charge in [-0.25, -0.2) is 0 Å². The molecule has 1 aromatic heterocycles. The number of fused-ring (bicyclic) bond motifs is 1. The van der Waals surface area contributed by atoms with Crippen LogP contribution in [-0.2, 0) is 23.8 Å². The number of carbonyl (C=O) groups excluding carboxylic acids is 2. The number of alkyl halides is 3. The van der Waals surface area contributed by atoms with E-state index in [2.05, 4.69) is 24.1 Å². The largest absolute Gasteiger partial charge is 0.416 e. The van der Waals surface area contributed by atoms with Crippen molar-refractivity contribution in [1.82, 2.24) is 4.98 Å². The van der Waals surface area contributed by atoms with E-state index in [4.69, 9.17) is 0 Å². The minimum absolute atomic E-state index is 0.0281. The minimum Gasteiger partial charge on any atom is -0.322 e. The van der Waals surface area contributed by atoms with Crippen LogP contribution in [0, 0.1) is 0 Å². The maximum absolute atomic E-state index is 13.1. The molecular formula is C27H26F3N3O2. The highest BCUT2D eigenvalue weighted by Crippen LogP contribution is 2.31. The molecule has 35 heavy (non-hydrogen) atoms. The standard InChI is InChI=1S/C27H26F3N3O2/c1-17(2)19-10-8-18(9-11-19)13-25(34)33-12-4-7-23-24(33)14-20(16-31-23)26(35)32-22-6-3-5-21(15-22)27(28,29)30/h3,5-6,8-11,14-17H,4,7,12-13H2,1-2H3,(H,32,35). The Hall–Kier alpha value is -3.68. The second kappa shape index (κ2) is 9.90. The maximum Gasteiger partial charge on any atom is 0.416 e. The van der Waals surface area contributed by atoms with Crippen molar-refractivity contribution in [3.8, 4) is 0 Å².